The molecule has 0 aliphatic carbocycles. The molecule has 1 aromatic carbocycles. The molecule has 0 bridgehead atoms. The highest BCUT2D eigenvalue weighted by atomic mass is 35.5. The van der Waals surface area contributed by atoms with Gasteiger partial charge in [0.1, 0.15) is 4.90 Å². The largest absolute Gasteiger partial charge is 0.396 e. The molecule has 0 saturated carbocycles. The van der Waals surface area contributed by atoms with Crippen LogP contribution in [0.15, 0.2) is 17.0 Å². The average Bonchev–Trinajstić information content (AvgIpc) is 2.42. The van der Waals surface area contributed by atoms with Gasteiger partial charge in [-0.25, -0.2) is 17.5 Å². The number of sulfonamides is 1. The minimum atomic E-state index is -3.98. The summed E-state index contributed by atoms with van der Waals surface area (Å²) in [4.78, 5) is 1.65. The lowest BCUT2D eigenvalue weighted by Crippen LogP contribution is -2.47. The van der Waals surface area contributed by atoms with E-state index in [2.05, 4.69) is 9.62 Å². The summed E-state index contributed by atoms with van der Waals surface area (Å²) < 4.78 is 41.2. The van der Waals surface area contributed by atoms with Crippen LogP contribution >= 0.6 is 11.6 Å². The van der Waals surface area contributed by atoms with Crippen LogP contribution in [0.4, 0.5) is 10.1 Å². The molecule has 1 saturated heterocycles. The number of anilines is 1. The molecule has 5 nitrogen and oxygen atoms in total. The minimum Gasteiger partial charge on any atom is -0.396 e. The maximum Gasteiger partial charge on any atom is 0.243 e. The minimum absolute atomic E-state index is 0.0908. The van der Waals surface area contributed by atoms with E-state index < -0.39 is 20.7 Å². The number of likely N-dealkylation sites (tertiary alicyclic amines) is 1. The molecule has 0 aromatic heterocycles. The summed E-state index contributed by atoms with van der Waals surface area (Å²) in [6.07, 6.45) is 1.63. The Balaban J connectivity index is 2.23. The lowest BCUT2D eigenvalue weighted by molar-refractivity contribution is 0.211. The molecular formula is C13H19ClFN3O2S. The number of likely N-dealkylation sites (N-methyl/N-ethyl adjacent to an activating group) is 1. The highest BCUT2D eigenvalue weighted by Gasteiger charge is 2.27. The molecule has 1 atom stereocenters. The SMILES string of the molecule is CCN1CCCC(NS(=O)(=O)c2cc(Cl)cc(N)c2F)C1. The van der Waals surface area contributed by atoms with Crippen LogP contribution in [0, 0.1) is 5.82 Å². The molecule has 1 aromatic rings. The van der Waals surface area contributed by atoms with E-state index in [4.69, 9.17) is 17.3 Å². The van der Waals surface area contributed by atoms with E-state index in [9.17, 15) is 12.8 Å². The monoisotopic (exact) mass is 335 g/mol. The van der Waals surface area contributed by atoms with Crippen LogP contribution < -0.4 is 10.5 Å². The van der Waals surface area contributed by atoms with Crippen molar-refractivity contribution >= 4 is 27.3 Å². The van der Waals surface area contributed by atoms with Gasteiger partial charge in [0.2, 0.25) is 10.0 Å². The molecule has 3 N–H and O–H groups in total. The van der Waals surface area contributed by atoms with Crippen LogP contribution in [0.2, 0.25) is 5.02 Å². The molecule has 0 amide bonds. The Kier molecular flexibility index (Phi) is 5.08. The summed E-state index contributed by atoms with van der Waals surface area (Å²) in [5, 5.41) is 0.0908. The van der Waals surface area contributed by atoms with Crippen molar-refractivity contribution in [2.45, 2.75) is 30.7 Å². The van der Waals surface area contributed by atoms with Crippen LogP contribution in [0.1, 0.15) is 19.8 Å². The van der Waals surface area contributed by atoms with Gasteiger partial charge in [-0.3, -0.25) is 0 Å². The summed E-state index contributed by atoms with van der Waals surface area (Å²) >= 11 is 5.77. The smallest absolute Gasteiger partial charge is 0.243 e. The van der Waals surface area contributed by atoms with Gasteiger partial charge >= 0.3 is 0 Å². The van der Waals surface area contributed by atoms with Crippen LogP contribution in [-0.4, -0.2) is 39.0 Å². The van der Waals surface area contributed by atoms with Crippen molar-refractivity contribution in [3.63, 3.8) is 0 Å². The lowest BCUT2D eigenvalue weighted by atomic mass is 10.1. The second kappa shape index (κ2) is 6.48. The first-order chi connectivity index (χ1) is 9.83. The van der Waals surface area contributed by atoms with Gasteiger partial charge in [0.25, 0.3) is 0 Å². The van der Waals surface area contributed by atoms with Gasteiger partial charge < -0.3 is 10.6 Å². The first-order valence-corrected chi connectivity index (χ1v) is 8.69. The quantitative estimate of drug-likeness (QED) is 0.823. The molecule has 1 heterocycles. The number of piperidine rings is 1. The predicted octanol–water partition coefficient (Wildman–Crippen LogP) is 1.82. The third-order valence-corrected chi connectivity index (χ3v) is 5.33. The molecule has 8 heteroatoms. The number of rotatable bonds is 4. The topological polar surface area (TPSA) is 75.4 Å². The van der Waals surface area contributed by atoms with Crippen molar-refractivity contribution < 1.29 is 12.8 Å². The first kappa shape index (κ1) is 16.5. The van der Waals surface area contributed by atoms with E-state index in [0.717, 1.165) is 32.0 Å². The van der Waals surface area contributed by atoms with Gasteiger partial charge in [0.05, 0.1) is 5.69 Å². The number of halogens is 2. The average molecular weight is 336 g/mol. The molecular weight excluding hydrogens is 317 g/mol. The van der Waals surface area contributed by atoms with Crippen molar-refractivity contribution in [2.24, 2.45) is 0 Å². The fourth-order valence-electron chi connectivity index (χ4n) is 2.50. The van der Waals surface area contributed by atoms with E-state index in [0.29, 0.717) is 6.54 Å². The van der Waals surface area contributed by atoms with E-state index >= 15 is 0 Å². The van der Waals surface area contributed by atoms with Crippen molar-refractivity contribution in [1.29, 1.82) is 0 Å². The Morgan fingerprint density at radius 3 is 2.90 bits per heavy atom. The van der Waals surface area contributed by atoms with Gasteiger partial charge in [0, 0.05) is 17.6 Å². The Hall–Kier alpha value is -0.890. The lowest BCUT2D eigenvalue weighted by Gasteiger charge is -2.32. The highest BCUT2D eigenvalue weighted by molar-refractivity contribution is 7.89. The fourth-order valence-corrected chi connectivity index (χ4v) is 4.19. The van der Waals surface area contributed by atoms with E-state index in [-0.39, 0.29) is 16.8 Å². The third-order valence-electron chi connectivity index (χ3n) is 3.60. The zero-order valence-corrected chi connectivity index (χ0v) is 13.3. The van der Waals surface area contributed by atoms with E-state index in [1.807, 2.05) is 6.92 Å². The molecule has 118 valence electrons. The van der Waals surface area contributed by atoms with Crippen molar-refractivity contribution in [3.05, 3.63) is 23.0 Å². The van der Waals surface area contributed by atoms with Crippen LogP contribution in [-0.2, 0) is 10.0 Å². The number of nitrogens with zero attached hydrogens (tertiary/aromatic N) is 1. The van der Waals surface area contributed by atoms with Crippen LogP contribution in [0.3, 0.4) is 0 Å². The van der Waals surface area contributed by atoms with Crippen LogP contribution in [0.5, 0.6) is 0 Å². The Labute approximate surface area is 129 Å². The molecule has 2 rings (SSSR count). The molecule has 1 unspecified atom stereocenters. The Bertz CT molecular complexity index is 624. The maximum absolute atomic E-state index is 14.0. The Morgan fingerprint density at radius 1 is 1.52 bits per heavy atom. The van der Waals surface area contributed by atoms with Crippen LogP contribution in [0.25, 0.3) is 0 Å². The van der Waals surface area contributed by atoms with Gasteiger partial charge in [-0.1, -0.05) is 18.5 Å². The predicted molar refractivity (Wildman–Crippen MR) is 81.3 cm³/mol. The van der Waals surface area contributed by atoms with Gasteiger partial charge in [0.15, 0.2) is 5.82 Å². The molecule has 0 radical (unpaired) electrons. The van der Waals surface area contributed by atoms with Crippen molar-refractivity contribution in [2.75, 3.05) is 25.4 Å². The van der Waals surface area contributed by atoms with Gasteiger partial charge in [-0.15, -0.1) is 0 Å². The number of hydrogen-bond donors (Lipinski definition) is 2. The summed E-state index contributed by atoms with van der Waals surface area (Å²) in [6, 6.07) is 2.04. The normalized spacial score (nSPS) is 20.6. The molecule has 1 aliphatic rings. The second-order valence-electron chi connectivity index (χ2n) is 5.16. The summed E-state index contributed by atoms with van der Waals surface area (Å²) in [5.74, 6) is -0.963. The summed E-state index contributed by atoms with van der Waals surface area (Å²) in [6.45, 7) is 4.45. The standard InChI is InChI=1S/C13H19ClFN3O2S/c1-2-18-5-3-4-10(8-18)17-21(19,20)12-7-9(14)6-11(16)13(12)15/h6-7,10,17H,2-5,8,16H2,1H3. The molecule has 21 heavy (non-hydrogen) atoms. The third kappa shape index (κ3) is 3.85. The summed E-state index contributed by atoms with van der Waals surface area (Å²) in [7, 11) is -3.98. The number of benzene rings is 1. The van der Waals surface area contributed by atoms with Gasteiger partial charge in [-0.2, -0.15) is 0 Å². The van der Waals surface area contributed by atoms with E-state index in [1.165, 1.54) is 6.07 Å². The van der Waals surface area contributed by atoms with Crippen molar-refractivity contribution in [1.82, 2.24) is 9.62 Å². The van der Waals surface area contributed by atoms with Gasteiger partial charge in [-0.05, 0) is 38.1 Å². The number of nitrogens with two attached hydrogens (primary N) is 1. The van der Waals surface area contributed by atoms with E-state index in [1.54, 1.807) is 0 Å². The first-order valence-electron chi connectivity index (χ1n) is 6.82. The number of hydrogen-bond acceptors (Lipinski definition) is 4. The molecule has 0 spiro atoms. The Morgan fingerprint density at radius 2 is 2.24 bits per heavy atom. The fraction of sp³-hybridized carbons (Fsp3) is 0.538. The number of nitrogen functional groups attached to an aromatic ring is 1. The number of nitrogens with one attached hydrogen (secondary N) is 1. The molecule has 1 aliphatic heterocycles. The van der Waals surface area contributed by atoms with Crippen molar-refractivity contribution in [3.8, 4) is 0 Å². The maximum atomic E-state index is 14.0. The zero-order chi connectivity index (χ0) is 15.6. The second-order valence-corrected chi connectivity index (χ2v) is 7.28. The zero-order valence-electron chi connectivity index (χ0n) is 11.8. The summed E-state index contributed by atoms with van der Waals surface area (Å²) in [5.41, 5.74) is 5.16. The highest BCUT2D eigenvalue weighted by Crippen LogP contribution is 2.25. The molecule has 1 fully saturated rings.